The molecule has 3 aliphatic rings. The first-order valence-corrected chi connectivity index (χ1v) is 9.39. The molecule has 0 aromatic heterocycles. The average molecular weight is 370 g/mol. The highest BCUT2D eigenvalue weighted by Crippen LogP contribution is 2.52. The number of ether oxygens (including phenoxy) is 1. The molecule has 1 aromatic rings. The van der Waals surface area contributed by atoms with Gasteiger partial charge in [0.25, 0.3) is 0 Å². The summed E-state index contributed by atoms with van der Waals surface area (Å²) in [6.07, 6.45) is 3.40. The summed E-state index contributed by atoms with van der Waals surface area (Å²) in [6.45, 7) is 0. The van der Waals surface area contributed by atoms with Gasteiger partial charge in [0.1, 0.15) is 29.7 Å². The van der Waals surface area contributed by atoms with E-state index in [0.29, 0.717) is 43.4 Å². The predicted octanol–water partition coefficient (Wildman–Crippen LogP) is 2.99. The van der Waals surface area contributed by atoms with E-state index in [1.165, 1.54) is 6.07 Å². The van der Waals surface area contributed by atoms with Crippen molar-refractivity contribution in [1.29, 1.82) is 0 Å². The highest BCUT2D eigenvalue weighted by molar-refractivity contribution is 5.89. The number of carbonyl (C=O) groups excluding carboxylic acids is 2. The highest BCUT2D eigenvalue weighted by atomic mass is 16.5. The van der Waals surface area contributed by atoms with Crippen LogP contribution in [0, 0.1) is 11.8 Å². The number of aldehydes is 1. The molecule has 1 aromatic carbocycles. The molecule has 6 heteroatoms. The van der Waals surface area contributed by atoms with Crippen molar-refractivity contribution in [3.05, 3.63) is 34.9 Å². The van der Waals surface area contributed by atoms with Gasteiger partial charge in [-0.05, 0) is 31.7 Å². The van der Waals surface area contributed by atoms with Gasteiger partial charge in [0.05, 0.1) is 0 Å². The number of carboxylic acids is 1. The van der Waals surface area contributed by atoms with E-state index in [9.17, 15) is 24.6 Å². The number of hydrogen-bond donors (Lipinski definition) is 2. The molecule has 4 atom stereocenters. The Labute approximate surface area is 156 Å². The third-order valence-electron chi connectivity index (χ3n) is 6.17. The van der Waals surface area contributed by atoms with E-state index < -0.39 is 5.97 Å². The van der Waals surface area contributed by atoms with Crippen molar-refractivity contribution < 1.29 is 29.3 Å². The monoisotopic (exact) mass is 370 g/mol. The van der Waals surface area contributed by atoms with Gasteiger partial charge in [0, 0.05) is 47.8 Å². The van der Waals surface area contributed by atoms with Crippen LogP contribution in [-0.2, 0) is 14.4 Å². The molecule has 4 rings (SSSR count). The summed E-state index contributed by atoms with van der Waals surface area (Å²) in [5, 5.41) is 19.6. The molecule has 0 radical (unpaired) electrons. The van der Waals surface area contributed by atoms with Crippen LogP contribution < -0.4 is 4.74 Å². The summed E-state index contributed by atoms with van der Waals surface area (Å²) in [7, 11) is 0. The Hall–Kier alpha value is -2.63. The fraction of sp³-hybridized carbons (Fsp3) is 0.476. The number of benzene rings is 1. The van der Waals surface area contributed by atoms with Gasteiger partial charge in [-0.25, -0.2) is 4.79 Å². The molecule has 2 N–H and O–H groups in total. The lowest BCUT2D eigenvalue weighted by Crippen LogP contribution is -2.42. The summed E-state index contributed by atoms with van der Waals surface area (Å²) in [4.78, 5) is 35.1. The number of hydrogen-bond acceptors (Lipinski definition) is 5. The first-order valence-electron chi connectivity index (χ1n) is 9.39. The second kappa shape index (κ2) is 6.83. The van der Waals surface area contributed by atoms with Crippen molar-refractivity contribution >= 4 is 18.0 Å². The number of carbonyl (C=O) groups is 3. The van der Waals surface area contributed by atoms with E-state index in [1.54, 1.807) is 12.1 Å². The van der Waals surface area contributed by atoms with E-state index in [4.69, 9.17) is 4.74 Å². The van der Waals surface area contributed by atoms with Gasteiger partial charge in [-0.3, -0.25) is 4.79 Å². The maximum atomic E-state index is 12.0. The number of fused-ring (bicyclic) bond motifs is 2. The molecular formula is C21H22O6. The lowest BCUT2D eigenvalue weighted by molar-refractivity contribution is -0.133. The smallest absolute Gasteiger partial charge is 0.331 e. The van der Waals surface area contributed by atoms with Gasteiger partial charge in [-0.1, -0.05) is 11.6 Å². The normalized spacial score (nSPS) is 30.1. The first-order chi connectivity index (χ1) is 13.0. The van der Waals surface area contributed by atoms with Crippen molar-refractivity contribution in [1.82, 2.24) is 0 Å². The van der Waals surface area contributed by atoms with Crippen LogP contribution >= 0.6 is 0 Å². The number of aromatic hydroxyl groups is 1. The van der Waals surface area contributed by atoms with Crippen LogP contribution in [0.3, 0.4) is 0 Å². The molecule has 0 spiro atoms. The topological polar surface area (TPSA) is 101 Å². The fourth-order valence-electron chi connectivity index (χ4n) is 4.89. The lowest BCUT2D eigenvalue weighted by atomic mass is 9.66. The molecule has 27 heavy (non-hydrogen) atoms. The Bertz CT molecular complexity index is 839. The minimum Gasteiger partial charge on any atom is -0.508 e. The Balaban J connectivity index is 1.84. The number of carboxylic acid groups (broad SMARTS) is 1. The molecule has 0 saturated heterocycles. The van der Waals surface area contributed by atoms with Crippen LogP contribution in [0.1, 0.15) is 50.0 Å². The van der Waals surface area contributed by atoms with Gasteiger partial charge in [-0.15, -0.1) is 0 Å². The Morgan fingerprint density at radius 3 is 2.74 bits per heavy atom. The third kappa shape index (κ3) is 3.13. The van der Waals surface area contributed by atoms with Gasteiger partial charge in [0.2, 0.25) is 0 Å². The number of phenols is 1. The Morgan fingerprint density at radius 1 is 1.19 bits per heavy atom. The molecular weight excluding hydrogens is 348 g/mol. The standard InChI is InChI=1S/C21H22O6/c22-10-11-1-4-14(17(7-11)21(25)26)20-15-5-2-12(23)8-18(15)27-19-9-13(24)3-6-16(19)20/h2,5,8,10-11,16,19-20,23H,1,3-4,6-7,9H2,(H,25,26). The molecule has 2 aliphatic carbocycles. The van der Waals surface area contributed by atoms with Crippen molar-refractivity contribution in [2.75, 3.05) is 0 Å². The third-order valence-corrected chi connectivity index (χ3v) is 6.17. The quantitative estimate of drug-likeness (QED) is 0.793. The second-order valence-electron chi connectivity index (χ2n) is 7.75. The maximum Gasteiger partial charge on any atom is 0.331 e. The number of ketones is 1. The largest absolute Gasteiger partial charge is 0.508 e. The summed E-state index contributed by atoms with van der Waals surface area (Å²) >= 11 is 0. The first kappa shape index (κ1) is 17.8. The van der Waals surface area contributed by atoms with Crippen molar-refractivity contribution in [3.63, 3.8) is 0 Å². The number of aliphatic carboxylic acids is 1. The fourth-order valence-corrected chi connectivity index (χ4v) is 4.89. The van der Waals surface area contributed by atoms with Gasteiger partial charge < -0.3 is 19.7 Å². The van der Waals surface area contributed by atoms with E-state index in [-0.39, 0.29) is 41.8 Å². The highest BCUT2D eigenvalue weighted by Gasteiger charge is 2.45. The van der Waals surface area contributed by atoms with Crippen molar-refractivity contribution in [2.24, 2.45) is 11.8 Å². The van der Waals surface area contributed by atoms with Crippen LogP contribution in [-0.4, -0.2) is 34.4 Å². The van der Waals surface area contributed by atoms with Crippen LogP contribution in [0.25, 0.3) is 0 Å². The van der Waals surface area contributed by atoms with Gasteiger partial charge in [0.15, 0.2) is 0 Å². The molecule has 6 nitrogen and oxygen atoms in total. The summed E-state index contributed by atoms with van der Waals surface area (Å²) < 4.78 is 6.04. The molecule has 142 valence electrons. The van der Waals surface area contributed by atoms with E-state index in [1.807, 2.05) is 0 Å². The van der Waals surface area contributed by atoms with Crippen LogP contribution in [0.2, 0.25) is 0 Å². The van der Waals surface area contributed by atoms with Gasteiger partial charge in [-0.2, -0.15) is 0 Å². The van der Waals surface area contributed by atoms with Crippen LogP contribution in [0.5, 0.6) is 11.5 Å². The summed E-state index contributed by atoms with van der Waals surface area (Å²) in [5.41, 5.74) is 2.03. The molecule has 1 aliphatic heterocycles. The van der Waals surface area contributed by atoms with Crippen LogP contribution in [0.15, 0.2) is 29.3 Å². The van der Waals surface area contributed by atoms with Crippen molar-refractivity contribution in [3.8, 4) is 11.5 Å². The molecule has 0 bridgehead atoms. The van der Waals surface area contributed by atoms with E-state index in [2.05, 4.69) is 0 Å². The number of allylic oxidation sites excluding steroid dienone is 1. The van der Waals surface area contributed by atoms with E-state index >= 15 is 0 Å². The van der Waals surface area contributed by atoms with E-state index in [0.717, 1.165) is 17.4 Å². The Kier molecular flexibility index (Phi) is 4.50. The zero-order chi connectivity index (χ0) is 19.1. The molecule has 1 fully saturated rings. The Morgan fingerprint density at radius 2 is 2.00 bits per heavy atom. The van der Waals surface area contributed by atoms with Gasteiger partial charge >= 0.3 is 5.97 Å². The molecule has 0 amide bonds. The predicted molar refractivity (Wildman–Crippen MR) is 95.7 cm³/mol. The minimum absolute atomic E-state index is 0.0249. The maximum absolute atomic E-state index is 12.0. The zero-order valence-electron chi connectivity index (χ0n) is 14.9. The minimum atomic E-state index is -0.980. The van der Waals surface area contributed by atoms with Crippen molar-refractivity contribution in [2.45, 2.75) is 50.5 Å². The zero-order valence-corrected chi connectivity index (χ0v) is 14.9. The average Bonchev–Trinajstić information content (AvgIpc) is 2.65. The summed E-state index contributed by atoms with van der Waals surface area (Å²) in [5.74, 6) is -0.635. The second-order valence-corrected chi connectivity index (χ2v) is 7.75. The number of Topliss-reactive ketones (excluding diaryl/α,β-unsaturated/α-hetero) is 1. The number of phenolic OH excluding ortho intramolecular Hbond substituents is 1. The SMILES string of the molecule is O=CC1CCC(C2c3ccc(O)cc3OC3CC(=O)CCC32)=C(C(=O)O)C1. The molecule has 1 heterocycles. The number of rotatable bonds is 3. The van der Waals surface area contributed by atoms with Crippen LogP contribution in [0.4, 0.5) is 0 Å². The molecule has 4 unspecified atom stereocenters. The molecule has 1 saturated carbocycles. The summed E-state index contributed by atoms with van der Waals surface area (Å²) in [6, 6.07) is 4.91. The lowest BCUT2D eigenvalue weighted by Gasteiger charge is -2.44.